The van der Waals surface area contributed by atoms with Crippen LogP contribution in [0, 0.1) is 0 Å². The normalized spacial score (nSPS) is 18.9. The van der Waals surface area contributed by atoms with E-state index < -0.39 is 17.5 Å². The molecule has 1 aromatic carbocycles. The van der Waals surface area contributed by atoms with Crippen molar-refractivity contribution in [1.82, 2.24) is 10.2 Å². The van der Waals surface area contributed by atoms with E-state index in [0.29, 0.717) is 17.7 Å². The molecule has 122 valence electrons. The van der Waals surface area contributed by atoms with E-state index in [4.69, 9.17) is 10.5 Å². The van der Waals surface area contributed by atoms with Gasteiger partial charge in [0.25, 0.3) is 5.91 Å². The van der Waals surface area contributed by atoms with Crippen molar-refractivity contribution in [2.45, 2.75) is 24.9 Å². The zero-order chi connectivity index (χ0) is 16.6. The van der Waals surface area contributed by atoms with E-state index in [0.717, 1.165) is 30.8 Å². The number of rotatable bonds is 1. The molecule has 7 heteroatoms. The molecule has 1 spiro atoms. The molecule has 23 heavy (non-hydrogen) atoms. The number of nitrogens with one attached hydrogen (secondary N) is 1. The van der Waals surface area contributed by atoms with E-state index in [9.17, 15) is 14.4 Å². The van der Waals surface area contributed by atoms with Crippen molar-refractivity contribution in [3.8, 4) is 5.75 Å². The Morgan fingerprint density at radius 1 is 1.30 bits per heavy atom. The Morgan fingerprint density at radius 2 is 2.00 bits per heavy atom. The average molecular weight is 317 g/mol. The summed E-state index contributed by atoms with van der Waals surface area (Å²) in [7, 11) is 1.30. The van der Waals surface area contributed by atoms with Crippen LogP contribution in [-0.4, -0.2) is 48.4 Å². The number of carbonyl (C=O) groups is 3. The average Bonchev–Trinajstić information content (AvgIpc) is 2.53. The van der Waals surface area contributed by atoms with E-state index in [1.165, 1.54) is 13.1 Å². The Balaban J connectivity index is 1.90. The number of Topliss-reactive ketones (excluding diaryl/α,β-unsaturated/α-hetero) is 1. The minimum atomic E-state index is -0.844. The Bertz CT molecular complexity index is 680. The number of nitrogens with zero attached hydrogens (tertiary/aromatic N) is 1. The maximum atomic E-state index is 12.5. The fourth-order valence-corrected chi connectivity index (χ4v) is 3.08. The molecule has 0 bridgehead atoms. The highest BCUT2D eigenvalue weighted by atomic mass is 16.5. The van der Waals surface area contributed by atoms with Gasteiger partial charge in [0.05, 0.1) is 12.0 Å². The van der Waals surface area contributed by atoms with Gasteiger partial charge >= 0.3 is 6.03 Å². The van der Waals surface area contributed by atoms with Crippen LogP contribution in [0.2, 0.25) is 0 Å². The molecule has 2 aliphatic heterocycles. The Hall–Kier alpha value is -2.41. The molecule has 7 nitrogen and oxygen atoms in total. The number of carbonyl (C=O) groups excluding carboxylic acids is 3. The lowest BCUT2D eigenvalue weighted by Crippen LogP contribution is -2.49. The standard InChI is InChI=1S/C16H19N3O4/c1-19(15(17)22)14(21)10-2-3-13-11(8-10)12(20)9-16(23-13)4-6-18-7-5-16/h2-3,8,18H,4-7,9H2,1H3,(H2,17,22). The minimum absolute atomic E-state index is 0.0375. The molecule has 3 amide bonds. The summed E-state index contributed by atoms with van der Waals surface area (Å²) in [6.07, 6.45) is 1.87. The Morgan fingerprint density at radius 3 is 2.65 bits per heavy atom. The van der Waals surface area contributed by atoms with Gasteiger partial charge in [0, 0.05) is 25.5 Å². The number of hydrogen-bond donors (Lipinski definition) is 2. The van der Waals surface area contributed by atoms with Gasteiger partial charge in [-0.15, -0.1) is 0 Å². The second-order valence-electron chi connectivity index (χ2n) is 6.05. The molecule has 2 heterocycles. The Kier molecular flexibility index (Phi) is 3.81. The van der Waals surface area contributed by atoms with Gasteiger partial charge in [-0.05, 0) is 31.3 Å². The molecule has 0 saturated carbocycles. The topological polar surface area (TPSA) is 102 Å². The largest absolute Gasteiger partial charge is 0.486 e. The number of nitrogens with two attached hydrogens (primary N) is 1. The van der Waals surface area contributed by atoms with Gasteiger partial charge in [0.15, 0.2) is 5.78 Å². The second kappa shape index (κ2) is 5.66. The third kappa shape index (κ3) is 2.79. The highest BCUT2D eigenvalue weighted by molar-refractivity contribution is 6.07. The second-order valence-corrected chi connectivity index (χ2v) is 6.05. The van der Waals surface area contributed by atoms with Crippen molar-refractivity contribution in [2.75, 3.05) is 20.1 Å². The van der Waals surface area contributed by atoms with Crippen molar-refractivity contribution in [3.05, 3.63) is 29.3 Å². The summed E-state index contributed by atoms with van der Waals surface area (Å²) in [4.78, 5) is 36.6. The quantitative estimate of drug-likeness (QED) is 0.802. The maximum absolute atomic E-state index is 12.5. The number of primary amides is 1. The molecular formula is C16H19N3O4. The lowest BCUT2D eigenvalue weighted by molar-refractivity contribution is 0.0187. The number of piperidine rings is 1. The molecule has 0 atom stereocenters. The van der Waals surface area contributed by atoms with Gasteiger partial charge in [0.2, 0.25) is 0 Å². The monoisotopic (exact) mass is 317 g/mol. The van der Waals surface area contributed by atoms with Crippen molar-refractivity contribution in [3.63, 3.8) is 0 Å². The number of amides is 3. The summed E-state index contributed by atoms with van der Waals surface area (Å²) in [5.74, 6) is -0.0822. The molecular weight excluding hydrogens is 298 g/mol. The van der Waals surface area contributed by atoms with Crippen LogP contribution in [-0.2, 0) is 0 Å². The van der Waals surface area contributed by atoms with Crippen LogP contribution in [0.1, 0.15) is 40.0 Å². The van der Waals surface area contributed by atoms with Gasteiger partial charge < -0.3 is 15.8 Å². The number of urea groups is 1. The number of ether oxygens (including phenoxy) is 1. The molecule has 1 saturated heterocycles. The van der Waals surface area contributed by atoms with Crippen molar-refractivity contribution >= 4 is 17.7 Å². The highest BCUT2D eigenvalue weighted by Crippen LogP contribution is 2.38. The zero-order valence-corrected chi connectivity index (χ0v) is 12.9. The molecule has 0 aliphatic carbocycles. The Labute approximate surface area is 133 Å². The zero-order valence-electron chi connectivity index (χ0n) is 12.9. The lowest BCUT2D eigenvalue weighted by Gasteiger charge is -2.40. The van der Waals surface area contributed by atoms with E-state index in [1.54, 1.807) is 12.1 Å². The highest BCUT2D eigenvalue weighted by Gasteiger charge is 2.41. The predicted molar refractivity (Wildman–Crippen MR) is 82.5 cm³/mol. The van der Waals surface area contributed by atoms with Crippen LogP contribution in [0.25, 0.3) is 0 Å². The number of imide groups is 1. The van der Waals surface area contributed by atoms with Gasteiger partial charge in [-0.2, -0.15) is 0 Å². The fraction of sp³-hybridized carbons (Fsp3) is 0.438. The van der Waals surface area contributed by atoms with Gasteiger partial charge in [-0.3, -0.25) is 14.5 Å². The first kappa shape index (κ1) is 15.5. The van der Waals surface area contributed by atoms with Gasteiger partial charge in [-0.1, -0.05) is 0 Å². The van der Waals surface area contributed by atoms with Crippen LogP contribution >= 0.6 is 0 Å². The smallest absolute Gasteiger partial charge is 0.321 e. The molecule has 3 rings (SSSR count). The number of fused-ring (bicyclic) bond motifs is 1. The van der Waals surface area contributed by atoms with Crippen LogP contribution in [0.4, 0.5) is 4.79 Å². The molecule has 0 aromatic heterocycles. The summed E-state index contributed by atoms with van der Waals surface area (Å²) >= 11 is 0. The molecule has 0 radical (unpaired) electrons. The van der Waals surface area contributed by atoms with Crippen LogP contribution in [0.15, 0.2) is 18.2 Å². The van der Waals surface area contributed by atoms with Crippen LogP contribution < -0.4 is 15.8 Å². The first-order valence-corrected chi connectivity index (χ1v) is 7.56. The summed E-state index contributed by atoms with van der Waals surface area (Å²) in [5.41, 5.74) is 5.29. The molecule has 1 fully saturated rings. The van der Waals surface area contributed by atoms with Crippen molar-refractivity contribution in [1.29, 1.82) is 0 Å². The molecule has 1 aromatic rings. The first-order valence-electron chi connectivity index (χ1n) is 7.56. The van der Waals surface area contributed by atoms with Crippen LogP contribution in [0.5, 0.6) is 5.75 Å². The first-order chi connectivity index (χ1) is 10.9. The van der Waals surface area contributed by atoms with E-state index in [1.807, 2.05) is 0 Å². The molecule has 3 N–H and O–H groups in total. The third-order valence-corrected chi connectivity index (χ3v) is 4.49. The van der Waals surface area contributed by atoms with Gasteiger partial charge in [-0.25, -0.2) is 4.79 Å². The SMILES string of the molecule is CN(C(N)=O)C(=O)c1ccc2c(c1)C(=O)CC1(CCNCC1)O2. The third-order valence-electron chi connectivity index (χ3n) is 4.49. The fourth-order valence-electron chi connectivity index (χ4n) is 3.08. The summed E-state index contributed by atoms with van der Waals surface area (Å²) in [6, 6.07) is 3.81. The van der Waals surface area contributed by atoms with E-state index >= 15 is 0 Å². The number of benzene rings is 1. The number of hydrogen-bond acceptors (Lipinski definition) is 5. The number of ketones is 1. The molecule has 0 unspecified atom stereocenters. The van der Waals surface area contributed by atoms with E-state index in [2.05, 4.69) is 5.32 Å². The summed E-state index contributed by atoms with van der Waals surface area (Å²) < 4.78 is 6.10. The van der Waals surface area contributed by atoms with Crippen molar-refractivity contribution < 1.29 is 19.1 Å². The van der Waals surface area contributed by atoms with E-state index in [-0.39, 0.29) is 11.3 Å². The summed E-state index contributed by atoms with van der Waals surface area (Å²) in [6.45, 7) is 1.64. The molecule has 2 aliphatic rings. The maximum Gasteiger partial charge on any atom is 0.321 e. The van der Waals surface area contributed by atoms with Crippen LogP contribution in [0.3, 0.4) is 0 Å². The van der Waals surface area contributed by atoms with Gasteiger partial charge in [0.1, 0.15) is 11.4 Å². The lowest BCUT2D eigenvalue weighted by atomic mass is 9.82. The minimum Gasteiger partial charge on any atom is -0.486 e. The van der Waals surface area contributed by atoms with Crippen molar-refractivity contribution in [2.24, 2.45) is 5.73 Å². The predicted octanol–water partition coefficient (Wildman–Crippen LogP) is 0.925. The summed E-state index contributed by atoms with van der Waals surface area (Å²) in [5, 5.41) is 3.26.